The van der Waals surface area contributed by atoms with Crippen LogP contribution in [0.2, 0.25) is 0 Å². The molecule has 2 rings (SSSR count). The van der Waals surface area contributed by atoms with Gasteiger partial charge in [0.05, 0.1) is 0 Å². The maximum Gasteiger partial charge on any atom is 0.0461 e. The summed E-state index contributed by atoms with van der Waals surface area (Å²) in [5.74, 6) is 0. The zero-order valence-corrected chi connectivity index (χ0v) is 12.8. The lowest BCUT2D eigenvalue weighted by Gasteiger charge is -2.36. The van der Waals surface area contributed by atoms with Crippen molar-refractivity contribution in [3.8, 4) is 0 Å². The molecule has 1 heterocycles. The van der Waals surface area contributed by atoms with Crippen LogP contribution in [0.25, 0.3) is 0 Å². The molecule has 1 aliphatic rings. The van der Waals surface area contributed by atoms with E-state index < -0.39 is 0 Å². The van der Waals surface area contributed by atoms with E-state index in [0.717, 1.165) is 23.2 Å². The predicted molar refractivity (Wildman–Crippen MR) is 80.5 cm³/mol. The predicted octanol–water partition coefficient (Wildman–Crippen LogP) is 2.56. The van der Waals surface area contributed by atoms with Crippen LogP contribution in [0.4, 0.5) is 5.69 Å². The van der Waals surface area contributed by atoms with Gasteiger partial charge in [-0.2, -0.15) is 0 Å². The van der Waals surface area contributed by atoms with E-state index in [9.17, 15) is 0 Å². The number of likely N-dealkylation sites (tertiary alicyclic amines) is 1. The molecule has 0 saturated carbocycles. The first-order valence-electron chi connectivity index (χ1n) is 6.49. The van der Waals surface area contributed by atoms with E-state index in [4.69, 9.17) is 5.73 Å². The number of piperidine rings is 1. The van der Waals surface area contributed by atoms with Crippen molar-refractivity contribution in [2.24, 2.45) is 0 Å². The molecule has 2 N–H and O–H groups in total. The summed E-state index contributed by atoms with van der Waals surface area (Å²) in [6.07, 6.45) is 2.59. The minimum Gasteiger partial charge on any atom is -0.398 e. The average molecular weight is 312 g/mol. The summed E-state index contributed by atoms with van der Waals surface area (Å²) < 4.78 is 1.05. The van der Waals surface area contributed by atoms with Gasteiger partial charge in [0, 0.05) is 29.3 Å². The number of hydrogen-bond donors (Lipinski definition) is 1. The van der Waals surface area contributed by atoms with Gasteiger partial charge in [0.2, 0.25) is 0 Å². The molecule has 3 nitrogen and oxygen atoms in total. The zero-order chi connectivity index (χ0) is 13.1. The standard InChI is InChI=1S/C14H22BrN3/c1-17(2)12-6-4-8-18(10-12)9-11-5-3-7-13(16)14(11)15/h3,5,7,12H,4,6,8-10,16H2,1-2H3. The van der Waals surface area contributed by atoms with Gasteiger partial charge in [0.15, 0.2) is 0 Å². The highest BCUT2D eigenvalue weighted by molar-refractivity contribution is 9.10. The molecule has 1 aliphatic heterocycles. The van der Waals surface area contributed by atoms with Crippen molar-refractivity contribution >= 4 is 21.6 Å². The number of likely N-dealkylation sites (N-methyl/N-ethyl adjacent to an activating group) is 1. The van der Waals surface area contributed by atoms with Crippen molar-refractivity contribution in [2.45, 2.75) is 25.4 Å². The summed E-state index contributed by atoms with van der Waals surface area (Å²) >= 11 is 3.59. The van der Waals surface area contributed by atoms with Crippen molar-refractivity contribution in [3.63, 3.8) is 0 Å². The van der Waals surface area contributed by atoms with E-state index in [1.54, 1.807) is 0 Å². The number of anilines is 1. The monoisotopic (exact) mass is 311 g/mol. The first-order valence-corrected chi connectivity index (χ1v) is 7.29. The topological polar surface area (TPSA) is 32.5 Å². The molecule has 1 fully saturated rings. The fourth-order valence-corrected chi connectivity index (χ4v) is 2.95. The van der Waals surface area contributed by atoms with Crippen LogP contribution < -0.4 is 5.73 Å². The molecule has 1 aromatic carbocycles. The van der Waals surface area contributed by atoms with Crippen LogP contribution in [0, 0.1) is 0 Å². The first kappa shape index (κ1) is 13.8. The number of halogens is 1. The second kappa shape index (κ2) is 6.04. The molecule has 0 spiro atoms. The Bertz CT molecular complexity index is 406. The molecule has 4 heteroatoms. The largest absolute Gasteiger partial charge is 0.398 e. The first-order chi connectivity index (χ1) is 8.58. The maximum atomic E-state index is 5.93. The van der Waals surface area contributed by atoms with Crippen LogP contribution in [0.1, 0.15) is 18.4 Å². The third-order valence-corrected chi connectivity index (χ3v) is 4.68. The molecule has 1 unspecified atom stereocenters. The minimum atomic E-state index is 0.679. The van der Waals surface area contributed by atoms with Crippen molar-refractivity contribution < 1.29 is 0 Å². The zero-order valence-electron chi connectivity index (χ0n) is 11.2. The van der Waals surface area contributed by atoms with Gasteiger partial charge in [-0.1, -0.05) is 12.1 Å². The molecular weight excluding hydrogens is 290 g/mol. The Morgan fingerprint density at radius 3 is 2.94 bits per heavy atom. The SMILES string of the molecule is CN(C)C1CCCN(Cc2cccc(N)c2Br)C1. The number of hydrogen-bond acceptors (Lipinski definition) is 3. The van der Waals surface area contributed by atoms with Crippen LogP contribution in [0.15, 0.2) is 22.7 Å². The van der Waals surface area contributed by atoms with Crippen molar-refractivity contribution in [1.29, 1.82) is 0 Å². The molecule has 1 saturated heterocycles. The molecule has 100 valence electrons. The Balaban J connectivity index is 2.03. The smallest absolute Gasteiger partial charge is 0.0461 e. The lowest BCUT2D eigenvalue weighted by Crippen LogP contribution is -2.44. The Kier molecular flexibility index (Phi) is 4.65. The van der Waals surface area contributed by atoms with Crippen LogP contribution >= 0.6 is 15.9 Å². The molecule has 1 aromatic rings. The summed E-state index contributed by atoms with van der Waals surface area (Å²) in [4.78, 5) is 4.86. The highest BCUT2D eigenvalue weighted by atomic mass is 79.9. The van der Waals surface area contributed by atoms with Crippen LogP contribution in [0.3, 0.4) is 0 Å². The minimum absolute atomic E-state index is 0.679. The van der Waals surface area contributed by atoms with Crippen LogP contribution in [-0.2, 0) is 6.54 Å². The molecule has 1 atom stereocenters. The van der Waals surface area contributed by atoms with Gasteiger partial charge in [0.1, 0.15) is 0 Å². The van der Waals surface area contributed by atoms with Crippen LogP contribution in [0.5, 0.6) is 0 Å². The lowest BCUT2D eigenvalue weighted by atomic mass is 10.0. The van der Waals surface area contributed by atoms with E-state index in [2.05, 4.69) is 45.9 Å². The third-order valence-electron chi connectivity index (χ3n) is 3.71. The second-order valence-electron chi connectivity index (χ2n) is 5.32. The summed E-state index contributed by atoms with van der Waals surface area (Å²) in [6, 6.07) is 6.80. The molecule has 0 amide bonds. The molecular formula is C14H22BrN3. The third kappa shape index (κ3) is 3.25. The van der Waals surface area contributed by atoms with Crippen molar-refractivity contribution in [2.75, 3.05) is 32.9 Å². The molecule has 0 aliphatic carbocycles. The van der Waals surface area contributed by atoms with E-state index >= 15 is 0 Å². The van der Waals surface area contributed by atoms with Crippen LogP contribution in [-0.4, -0.2) is 43.0 Å². The number of nitrogens with two attached hydrogens (primary N) is 1. The van der Waals surface area contributed by atoms with Crippen molar-refractivity contribution in [1.82, 2.24) is 9.80 Å². The average Bonchev–Trinajstić information content (AvgIpc) is 2.35. The Morgan fingerprint density at radius 1 is 1.44 bits per heavy atom. The maximum absolute atomic E-state index is 5.93. The number of nitrogen functional groups attached to an aromatic ring is 1. The molecule has 0 radical (unpaired) electrons. The van der Waals surface area contributed by atoms with E-state index in [0.29, 0.717) is 6.04 Å². The Labute approximate surface area is 118 Å². The van der Waals surface area contributed by atoms with E-state index in [1.807, 2.05) is 12.1 Å². The molecule has 0 aromatic heterocycles. The highest BCUT2D eigenvalue weighted by Crippen LogP contribution is 2.26. The van der Waals surface area contributed by atoms with E-state index in [1.165, 1.54) is 24.9 Å². The summed E-state index contributed by atoms with van der Waals surface area (Å²) in [7, 11) is 4.34. The Morgan fingerprint density at radius 2 is 2.22 bits per heavy atom. The number of nitrogens with zero attached hydrogens (tertiary/aromatic N) is 2. The van der Waals surface area contributed by atoms with Gasteiger partial charge in [0.25, 0.3) is 0 Å². The van der Waals surface area contributed by atoms with Crippen molar-refractivity contribution in [3.05, 3.63) is 28.2 Å². The van der Waals surface area contributed by atoms with Gasteiger partial charge in [-0.25, -0.2) is 0 Å². The quantitative estimate of drug-likeness (QED) is 0.871. The van der Waals surface area contributed by atoms with Gasteiger partial charge in [-0.3, -0.25) is 4.90 Å². The second-order valence-corrected chi connectivity index (χ2v) is 6.11. The summed E-state index contributed by atoms with van der Waals surface area (Å²) in [5.41, 5.74) is 8.04. The molecule has 0 bridgehead atoms. The fraction of sp³-hybridized carbons (Fsp3) is 0.571. The fourth-order valence-electron chi connectivity index (χ4n) is 2.56. The highest BCUT2D eigenvalue weighted by Gasteiger charge is 2.21. The van der Waals surface area contributed by atoms with Gasteiger partial charge in [-0.05, 0) is 61.0 Å². The molecule has 18 heavy (non-hydrogen) atoms. The summed E-state index contributed by atoms with van der Waals surface area (Å²) in [6.45, 7) is 3.32. The van der Waals surface area contributed by atoms with Gasteiger partial charge in [-0.15, -0.1) is 0 Å². The summed E-state index contributed by atoms with van der Waals surface area (Å²) in [5, 5.41) is 0. The normalized spacial score (nSPS) is 21.4. The number of benzene rings is 1. The van der Waals surface area contributed by atoms with Gasteiger partial charge >= 0.3 is 0 Å². The lowest BCUT2D eigenvalue weighted by molar-refractivity contribution is 0.128. The Hall–Kier alpha value is -0.580. The number of rotatable bonds is 3. The van der Waals surface area contributed by atoms with E-state index in [-0.39, 0.29) is 0 Å². The van der Waals surface area contributed by atoms with Gasteiger partial charge < -0.3 is 10.6 Å².